The van der Waals surface area contributed by atoms with Crippen LogP contribution in [0.15, 0.2) is 22.8 Å². The quantitative estimate of drug-likeness (QED) is 0.732. The lowest BCUT2D eigenvalue weighted by molar-refractivity contribution is -0.118. The Bertz CT molecular complexity index is 352. The number of hydrogen-bond donors (Lipinski definition) is 1. The van der Waals surface area contributed by atoms with Crippen LogP contribution in [-0.2, 0) is 4.79 Å². The van der Waals surface area contributed by atoms with Gasteiger partial charge in [0, 0.05) is 19.0 Å². The molecular weight excluding hydrogens is 182 g/mol. The Kier molecular flexibility index (Phi) is 3.67. The Morgan fingerprint density at radius 1 is 1.64 bits per heavy atom. The first-order valence-electron chi connectivity index (χ1n) is 4.17. The number of hydrogen-bond acceptors (Lipinski definition) is 3. The van der Waals surface area contributed by atoms with E-state index in [-0.39, 0.29) is 5.91 Å². The van der Waals surface area contributed by atoms with Crippen LogP contribution in [0.5, 0.6) is 0 Å². The van der Waals surface area contributed by atoms with E-state index in [1.165, 1.54) is 13.2 Å². The maximum atomic E-state index is 10.5. The van der Waals surface area contributed by atoms with Crippen molar-refractivity contribution < 1.29 is 14.0 Å². The summed E-state index contributed by atoms with van der Waals surface area (Å²) in [7, 11) is 0. The Morgan fingerprint density at radius 2 is 2.43 bits per heavy atom. The standard InChI is InChI=1S/C10H11NO3/c1-8(13)11-5-2-3-9-4-6-14-10(9)7-12/h2-4,6-7H,5H2,1H3,(H,11,13). The summed E-state index contributed by atoms with van der Waals surface area (Å²) in [4.78, 5) is 20.9. The summed E-state index contributed by atoms with van der Waals surface area (Å²) in [5.41, 5.74) is 0.713. The van der Waals surface area contributed by atoms with Crippen molar-refractivity contribution in [3.63, 3.8) is 0 Å². The van der Waals surface area contributed by atoms with Gasteiger partial charge in [0.2, 0.25) is 5.91 Å². The van der Waals surface area contributed by atoms with E-state index in [9.17, 15) is 9.59 Å². The summed E-state index contributed by atoms with van der Waals surface area (Å²) in [5.74, 6) is 0.210. The van der Waals surface area contributed by atoms with Gasteiger partial charge in [-0.3, -0.25) is 9.59 Å². The Balaban J connectivity index is 2.51. The van der Waals surface area contributed by atoms with Gasteiger partial charge in [0.1, 0.15) is 0 Å². The minimum absolute atomic E-state index is 0.0857. The van der Waals surface area contributed by atoms with Crippen molar-refractivity contribution >= 4 is 18.3 Å². The highest BCUT2D eigenvalue weighted by Gasteiger charge is 1.99. The maximum Gasteiger partial charge on any atom is 0.217 e. The first-order valence-corrected chi connectivity index (χ1v) is 4.17. The van der Waals surface area contributed by atoms with Crippen molar-refractivity contribution in [1.82, 2.24) is 5.32 Å². The fraction of sp³-hybridized carbons (Fsp3) is 0.200. The molecule has 0 bridgehead atoms. The van der Waals surface area contributed by atoms with Crippen LogP contribution in [0.3, 0.4) is 0 Å². The molecule has 0 aromatic carbocycles. The SMILES string of the molecule is CC(=O)NCC=Cc1ccoc1C=O. The highest BCUT2D eigenvalue weighted by atomic mass is 16.3. The summed E-state index contributed by atoms with van der Waals surface area (Å²) in [5, 5.41) is 2.60. The molecule has 0 atom stereocenters. The summed E-state index contributed by atoms with van der Waals surface area (Å²) < 4.78 is 4.89. The minimum Gasteiger partial charge on any atom is -0.461 e. The van der Waals surface area contributed by atoms with Gasteiger partial charge in [-0.1, -0.05) is 12.2 Å². The number of nitrogens with one attached hydrogen (secondary N) is 1. The van der Waals surface area contributed by atoms with Crippen LogP contribution in [-0.4, -0.2) is 18.7 Å². The maximum absolute atomic E-state index is 10.5. The summed E-state index contributed by atoms with van der Waals surface area (Å²) in [6.07, 6.45) is 5.57. The topological polar surface area (TPSA) is 59.3 Å². The van der Waals surface area contributed by atoms with Crippen molar-refractivity contribution in [3.8, 4) is 0 Å². The molecule has 1 aromatic rings. The Morgan fingerprint density at radius 3 is 3.07 bits per heavy atom. The van der Waals surface area contributed by atoms with E-state index < -0.39 is 0 Å². The predicted octanol–water partition coefficient (Wildman–Crippen LogP) is 1.24. The van der Waals surface area contributed by atoms with Crippen molar-refractivity contribution in [2.75, 3.05) is 6.54 Å². The van der Waals surface area contributed by atoms with Gasteiger partial charge in [-0.15, -0.1) is 0 Å². The van der Waals surface area contributed by atoms with Crippen LogP contribution in [0.2, 0.25) is 0 Å². The van der Waals surface area contributed by atoms with Crippen LogP contribution >= 0.6 is 0 Å². The van der Waals surface area contributed by atoms with E-state index in [1.54, 1.807) is 18.2 Å². The van der Waals surface area contributed by atoms with E-state index in [0.29, 0.717) is 24.2 Å². The van der Waals surface area contributed by atoms with E-state index >= 15 is 0 Å². The number of rotatable bonds is 4. The highest BCUT2D eigenvalue weighted by Crippen LogP contribution is 2.09. The highest BCUT2D eigenvalue weighted by molar-refractivity contribution is 5.78. The molecule has 4 nitrogen and oxygen atoms in total. The van der Waals surface area contributed by atoms with Gasteiger partial charge in [-0.25, -0.2) is 0 Å². The van der Waals surface area contributed by atoms with E-state index in [0.717, 1.165) is 0 Å². The van der Waals surface area contributed by atoms with Gasteiger partial charge in [0.25, 0.3) is 0 Å². The molecule has 0 radical (unpaired) electrons. The predicted molar refractivity (Wildman–Crippen MR) is 51.8 cm³/mol. The molecule has 14 heavy (non-hydrogen) atoms. The normalized spacial score (nSPS) is 10.4. The smallest absolute Gasteiger partial charge is 0.217 e. The second kappa shape index (κ2) is 5.01. The number of aldehydes is 1. The first kappa shape index (κ1) is 10.2. The fourth-order valence-corrected chi connectivity index (χ4v) is 0.953. The first-order chi connectivity index (χ1) is 6.74. The van der Waals surface area contributed by atoms with Gasteiger partial charge in [0.05, 0.1) is 6.26 Å². The molecule has 0 unspecified atom stereocenters. The fourth-order valence-electron chi connectivity index (χ4n) is 0.953. The van der Waals surface area contributed by atoms with E-state index in [4.69, 9.17) is 4.42 Å². The largest absolute Gasteiger partial charge is 0.461 e. The minimum atomic E-state index is -0.0857. The summed E-state index contributed by atoms with van der Waals surface area (Å²) in [6.45, 7) is 1.89. The van der Waals surface area contributed by atoms with Crippen molar-refractivity contribution in [3.05, 3.63) is 29.7 Å². The lowest BCUT2D eigenvalue weighted by atomic mass is 10.2. The monoisotopic (exact) mass is 193 g/mol. The number of furan rings is 1. The molecule has 0 spiro atoms. The molecule has 0 aliphatic rings. The molecule has 1 amide bonds. The molecule has 0 aliphatic heterocycles. The van der Waals surface area contributed by atoms with Crippen molar-refractivity contribution in [2.45, 2.75) is 6.92 Å². The molecule has 0 fully saturated rings. The van der Waals surface area contributed by atoms with Gasteiger partial charge < -0.3 is 9.73 Å². The number of carbonyl (C=O) groups is 2. The molecule has 1 N–H and O–H groups in total. The lowest BCUT2D eigenvalue weighted by Gasteiger charge is -1.93. The number of carbonyl (C=O) groups excluding carboxylic acids is 2. The third kappa shape index (κ3) is 2.90. The second-order valence-corrected chi connectivity index (χ2v) is 2.70. The van der Waals surface area contributed by atoms with Crippen molar-refractivity contribution in [1.29, 1.82) is 0 Å². The number of amides is 1. The zero-order valence-electron chi connectivity index (χ0n) is 7.82. The van der Waals surface area contributed by atoms with Crippen LogP contribution in [0.1, 0.15) is 23.0 Å². The summed E-state index contributed by atoms with van der Waals surface area (Å²) in [6, 6.07) is 1.69. The zero-order valence-corrected chi connectivity index (χ0v) is 7.82. The third-order valence-corrected chi connectivity index (χ3v) is 1.60. The molecule has 1 rings (SSSR count). The zero-order chi connectivity index (χ0) is 10.4. The molecule has 0 saturated heterocycles. The van der Waals surface area contributed by atoms with Gasteiger partial charge in [0.15, 0.2) is 12.0 Å². The van der Waals surface area contributed by atoms with Gasteiger partial charge >= 0.3 is 0 Å². The molecule has 74 valence electrons. The summed E-state index contributed by atoms with van der Waals surface area (Å²) >= 11 is 0. The second-order valence-electron chi connectivity index (χ2n) is 2.70. The molecule has 0 saturated carbocycles. The van der Waals surface area contributed by atoms with Crippen LogP contribution < -0.4 is 5.32 Å². The third-order valence-electron chi connectivity index (χ3n) is 1.60. The van der Waals surface area contributed by atoms with Crippen LogP contribution in [0.25, 0.3) is 6.08 Å². The van der Waals surface area contributed by atoms with Crippen LogP contribution in [0, 0.1) is 0 Å². The van der Waals surface area contributed by atoms with E-state index in [1.807, 2.05) is 0 Å². The molecule has 1 aromatic heterocycles. The average molecular weight is 193 g/mol. The van der Waals surface area contributed by atoms with Gasteiger partial charge in [-0.05, 0) is 6.07 Å². The lowest BCUT2D eigenvalue weighted by Crippen LogP contribution is -2.19. The van der Waals surface area contributed by atoms with E-state index in [2.05, 4.69) is 5.32 Å². The Labute approximate surface area is 81.6 Å². The molecular formula is C10H11NO3. The molecule has 1 heterocycles. The van der Waals surface area contributed by atoms with Crippen LogP contribution in [0.4, 0.5) is 0 Å². The average Bonchev–Trinajstić information content (AvgIpc) is 2.59. The molecule has 4 heteroatoms. The van der Waals surface area contributed by atoms with Crippen molar-refractivity contribution in [2.24, 2.45) is 0 Å². The molecule has 0 aliphatic carbocycles. The Hall–Kier alpha value is -1.84. The van der Waals surface area contributed by atoms with Gasteiger partial charge in [-0.2, -0.15) is 0 Å².